The van der Waals surface area contributed by atoms with Crippen LogP contribution in [-0.2, 0) is 10.0 Å². The van der Waals surface area contributed by atoms with Crippen LogP contribution in [0.15, 0.2) is 16.3 Å². The third-order valence-corrected chi connectivity index (χ3v) is 6.97. The first-order valence-electron chi connectivity index (χ1n) is 5.89. The molecule has 0 radical (unpaired) electrons. The molecule has 18 heavy (non-hydrogen) atoms. The lowest BCUT2D eigenvalue weighted by Gasteiger charge is -2.26. The fourth-order valence-electron chi connectivity index (χ4n) is 2.33. The molecule has 0 spiro atoms. The zero-order chi connectivity index (χ0) is 13.2. The number of hydrogen-bond acceptors (Lipinski definition) is 3. The molecule has 1 aliphatic rings. The maximum Gasteiger partial charge on any atom is 0.252 e. The van der Waals surface area contributed by atoms with E-state index in [0.717, 1.165) is 37.0 Å². The van der Waals surface area contributed by atoms with Crippen LogP contribution in [0.4, 0.5) is 0 Å². The number of nitrogens with zero attached hydrogens (tertiary/aromatic N) is 1. The third-order valence-electron chi connectivity index (χ3n) is 3.15. The Morgan fingerprint density at radius 2 is 2.00 bits per heavy atom. The van der Waals surface area contributed by atoms with Gasteiger partial charge in [-0.2, -0.15) is 4.31 Å². The van der Waals surface area contributed by atoms with Gasteiger partial charge >= 0.3 is 0 Å². The van der Waals surface area contributed by atoms with Crippen molar-refractivity contribution in [2.45, 2.75) is 35.9 Å². The molecule has 1 saturated carbocycles. The average Bonchev–Trinajstić information content (AvgIpc) is 2.96. The van der Waals surface area contributed by atoms with Gasteiger partial charge in [-0.15, -0.1) is 22.9 Å². The van der Waals surface area contributed by atoms with E-state index in [1.54, 1.807) is 16.4 Å². The molecule has 0 aromatic carbocycles. The van der Waals surface area contributed by atoms with E-state index < -0.39 is 10.0 Å². The Bertz CT molecular complexity index is 495. The van der Waals surface area contributed by atoms with Crippen molar-refractivity contribution in [3.05, 3.63) is 16.5 Å². The highest BCUT2D eigenvalue weighted by Gasteiger charge is 2.33. The first kappa shape index (κ1) is 14.6. The van der Waals surface area contributed by atoms with E-state index in [0.29, 0.717) is 21.0 Å². The smallest absolute Gasteiger partial charge is 0.206 e. The van der Waals surface area contributed by atoms with Gasteiger partial charge in [-0.1, -0.05) is 24.4 Å². The van der Waals surface area contributed by atoms with E-state index in [1.165, 1.54) is 0 Å². The second-order valence-corrected chi connectivity index (χ2v) is 8.51. The molecule has 0 aliphatic heterocycles. The molecule has 1 aliphatic carbocycles. The van der Waals surface area contributed by atoms with Gasteiger partial charge in [0.05, 0.1) is 4.34 Å². The van der Waals surface area contributed by atoms with Gasteiger partial charge in [0.15, 0.2) is 0 Å². The Hall–Kier alpha value is 0.190. The molecule has 1 fully saturated rings. The quantitative estimate of drug-likeness (QED) is 0.775. The summed E-state index contributed by atoms with van der Waals surface area (Å²) in [5, 5.41) is 0. The number of hydrogen-bond donors (Lipinski definition) is 0. The molecule has 0 amide bonds. The minimum absolute atomic E-state index is 0.0922. The number of thiophene rings is 1. The van der Waals surface area contributed by atoms with Crippen LogP contribution in [0, 0.1) is 0 Å². The topological polar surface area (TPSA) is 37.4 Å². The second-order valence-electron chi connectivity index (χ2n) is 4.30. The van der Waals surface area contributed by atoms with E-state index >= 15 is 0 Å². The van der Waals surface area contributed by atoms with Crippen LogP contribution in [0.1, 0.15) is 25.7 Å². The van der Waals surface area contributed by atoms with E-state index in [2.05, 4.69) is 0 Å². The zero-order valence-electron chi connectivity index (χ0n) is 9.81. The van der Waals surface area contributed by atoms with Gasteiger partial charge in [0.2, 0.25) is 0 Å². The van der Waals surface area contributed by atoms with Gasteiger partial charge in [-0.3, -0.25) is 0 Å². The van der Waals surface area contributed by atoms with Gasteiger partial charge < -0.3 is 0 Å². The highest BCUT2D eigenvalue weighted by molar-refractivity contribution is 7.91. The Balaban J connectivity index is 2.28. The van der Waals surface area contributed by atoms with Crippen molar-refractivity contribution in [3.63, 3.8) is 0 Å². The predicted molar refractivity (Wildman–Crippen MR) is 76.2 cm³/mol. The lowest BCUT2D eigenvalue weighted by Crippen LogP contribution is -2.39. The molecule has 0 atom stereocenters. The SMILES string of the molecule is O=S(=O)(c1ccc(Cl)s1)N(CCCl)C1CCCC1. The molecule has 0 saturated heterocycles. The molecule has 7 heteroatoms. The van der Waals surface area contributed by atoms with Gasteiger partial charge in [0.1, 0.15) is 4.21 Å². The molecule has 1 aromatic rings. The van der Waals surface area contributed by atoms with Gasteiger partial charge in [0, 0.05) is 18.5 Å². The highest BCUT2D eigenvalue weighted by Crippen LogP contribution is 2.32. The Labute approximate surface area is 122 Å². The summed E-state index contributed by atoms with van der Waals surface area (Å²) in [4.78, 5) is 0. The van der Waals surface area contributed by atoms with Crippen LogP contribution in [-0.4, -0.2) is 31.2 Å². The van der Waals surface area contributed by atoms with Crippen LogP contribution < -0.4 is 0 Å². The molecular weight excluding hydrogens is 313 g/mol. The molecule has 3 nitrogen and oxygen atoms in total. The molecule has 2 rings (SSSR count). The van der Waals surface area contributed by atoms with Crippen molar-refractivity contribution >= 4 is 44.6 Å². The van der Waals surface area contributed by atoms with Crippen molar-refractivity contribution in [2.75, 3.05) is 12.4 Å². The summed E-state index contributed by atoms with van der Waals surface area (Å²) in [5.74, 6) is 0.314. The summed E-state index contributed by atoms with van der Waals surface area (Å²) in [7, 11) is -3.44. The molecule has 0 bridgehead atoms. The Kier molecular flexibility index (Phi) is 4.94. The molecule has 0 N–H and O–H groups in total. The van der Waals surface area contributed by atoms with Crippen LogP contribution >= 0.6 is 34.5 Å². The van der Waals surface area contributed by atoms with Crippen LogP contribution in [0.25, 0.3) is 0 Å². The lowest BCUT2D eigenvalue weighted by atomic mass is 10.2. The molecule has 102 valence electrons. The highest BCUT2D eigenvalue weighted by atomic mass is 35.5. The number of sulfonamides is 1. The number of rotatable bonds is 5. The monoisotopic (exact) mass is 327 g/mol. The van der Waals surface area contributed by atoms with Gasteiger partial charge in [-0.25, -0.2) is 8.42 Å². The van der Waals surface area contributed by atoms with Crippen LogP contribution in [0.2, 0.25) is 4.34 Å². The largest absolute Gasteiger partial charge is 0.252 e. The second kappa shape index (κ2) is 6.09. The zero-order valence-corrected chi connectivity index (χ0v) is 13.0. The summed E-state index contributed by atoms with van der Waals surface area (Å²) in [6.45, 7) is 0.365. The van der Waals surface area contributed by atoms with E-state index in [4.69, 9.17) is 23.2 Å². The fraction of sp³-hybridized carbons (Fsp3) is 0.636. The van der Waals surface area contributed by atoms with Crippen molar-refractivity contribution in [1.82, 2.24) is 4.31 Å². The minimum atomic E-state index is -3.44. The molecular formula is C11H15Cl2NO2S2. The average molecular weight is 328 g/mol. The molecule has 1 aromatic heterocycles. The summed E-state index contributed by atoms with van der Waals surface area (Å²) in [6.07, 6.45) is 4.03. The Morgan fingerprint density at radius 3 is 2.50 bits per heavy atom. The standard InChI is InChI=1S/C11H15Cl2NO2S2/c12-7-8-14(9-3-1-2-4-9)18(15,16)11-6-5-10(13)17-11/h5-6,9H,1-4,7-8H2. The van der Waals surface area contributed by atoms with Crippen molar-refractivity contribution in [3.8, 4) is 0 Å². The van der Waals surface area contributed by atoms with Crippen LogP contribution in [0.3, 0.4) is 0 Å². The maximum absolute atomic E-state index is 12.5. The van der Waals surface area contributed by atoms with Gasteiger partial charge in [-0.05, 0) is 25.0 Å². The maximum atomic E-state index is 12.5. The Morgan fingerprint density at radius 1 is 1.33 bits per heavy atom. The first-order chi connectivity index (χ1) is 8.55. The summed E-state index contributed by atoms with van der Waals surface area (Å²) in [5.41, 5.74) is 0. The third kappa shape index (κ3) is 3.02. The summed E-state index contributed by atoms with van der Waals surface area (Å²) in [6, 6.07) is 3.28. The molecule has 1 heterocycles. The van der Waals surface area contributed by atoms with Crippen molar-refractivity contribution in [2.24, 2.45) is 0 Å². The van der Waals surface area contributed by atoms with Crippen molar-refractivity contribution in [1.29, 1.82) is 0 Å². The number of alkyl halides is 1. The van der Waals surface area contributed by atoms with Crippen molar-refractivity contribution < 1.29 is 8.42 Å². The van der Waals surface area contributed by atoms with Crippen LogP contribution in [0.5, 0.6) is 0 Å². The summed E-state index contributed by atoms with van der Waals surface area (Å²) < 4.78 is 27.4. The normalized spacial score (nSPS) is 17.7. The first-order valence-corrected chi connectivity index (χ1v) is 9.06. The lowest BCUT2D eigenvalue weighted by molar-refractivity contribution is 0.337. The molecule has 0 unspecified atom stereocenters. The predicted octanol–water partition coefficient (Wildman–Crippen LogP) is 3.57. The summed E-state index contributed by atoms with van der Waals surface area (Å²) >= 11 is 12.7. The van der Waals surface area contributed by atoms with E-state index in [-0.39, 0.29) is 6.04 Å². The minimum Gasteiger partial charge on any atom is -0.206 e. The fourth-order valence-corrected chi connectivity index (χ4v) is 5.91. The van der Waals surface area contributed by atoms with E-state index in [9.17, 15) is 8.42 Å². The van der Waals surface area contributed by atoms with Gasteiger partial charge in [0.25, 0.3) is 10.0 Å². The van der Waals surface area contributed by atoms with E-state index in [1.807, 2.05) is 0 Å². The number of halogens is 2.